The Morgan fingerprint density at radius 2 is 2.11 bits per heavy atom. The maximum absolute atomic E-state index is 5.37. The first-order valence-corrected chi connectivity index (χ1v) is 5.81. The second-order valence-electron chi connectivity index (χ2n) is 4.29. The molecule has 2 heterocycles. The third-order valence-electron chi connectivity index (χ3n) is 3.09. The summed E-state index contributed by atoms with van der Waals surface area (Å²) < 4.78 is 9.01. The molecule has 6 nitrogen and oxygen atoms in total. The summed E-state index contributed by atoms with van der Waals surface area (Å²) in [7, 11) is 7.41. The van der Waals surface area contributed by atoms with Gasteiger partial charge >= 0.3 is 0 Å². The molecular weight excluding hydrogens is 230 g/mol. The molecule has 0 aliphatic carbocycles. The maximum Gasteiger partial charge on any atom is 0.161 e. The van der Waals surface area contributed by atoms with Crippen molar-refractivity contribution < 1.29 is 4.74 Å². The number of hydrogen-bond acceptors (Lipinski definition) is 4. The number of hydrogen-bond donors (Lipinski definition) is 1. The molecule has 2 rings (SSSR count). The Kier molecular flexibility index (Phi) is 3.38. The lowest BCUT2D eigenvalue weighted by molar-refractivity contribution is 0.402. The lowest BCUT2D eigenvalue weighted by Crippen LogP contribution is -2.21. The van der Waals surface area contributed by atoms with E-state index in [0.717, 1.165) is 22.7 Å². The largest absolute Gasteiger partial charge is 0.493 e. The highest BCUT2D eigenvalue weighted by Crippen LogP contribution is 2.30. The third kappa shape index (κ3) is 1.99. The van der Waals surface area contributed by atoms with Gasteiger partial charge in [0, 0.05) is 25.9 Å². The van der Waals surface area contributed by atoms with Gasteiger partial charge in [0.15, 0.2) is 5.75 Å². The first kappa shape index (κ1) is 12.6. The van der Waals surface area contributed by atoms with Crippen molar-refractivity contribution in [2.24, 2.45) is 14.1 Å². The maximum atomic E-state index is 5.37. The van der Waals surface area contributed by atoms with Crippen LogP contribution in [0.15, 0.2) is 12.4 Å². The third-order valence-corrected chi connectivity index (χ3v) is 3.09. The average molecular weight is 249 g/mol. The van der Waals surface area contributed by atoms with Crippen molar-refractivity contribution in [1.29, 1.82) is 0 Å². The van der Waals surface area contributed by atoms with Crippen molar-refractivity contribution >= 4 is 0 Å². The molecule has 18 heavy (non-hydrogen) atoms. The van der Waals surface area contributed by atoms with Crippen molar-refractivity contribution in [3.05, 3.63) is 29.3 Å². The summed E-state index contributed by atoms with van der Waals surface area (Å²) in [6, 6.07) is 0.0150. The Hall–Kier alpha value is -1.82. The molecule has 98 valence electrons. The van der Waals surface area contributed by atoms with Gasteiger partial charge in [-0.2, -0.15) is 10.2 Å². The van der Waals surface area contributed by atoms with Gasteiger partial charge in [0.1, 0.15) is 5.69 Å². The van der Waals surface area contributed by atoms with E-state index in [9.17, 15) is 0 Å². The Bertz CT molecular complexity index is 543. The van der Waals surface area contributed by atoms with E-state index in [4.69, 9.17) is 4.74 Å². The summed E-state index contributed by atoms with van der Waals surface area (Å²) in [5.41, 5.74) is 3.12. The molecule has 1 N–H and O–H groups in total. The zero-order valence-electron chi connectivity index (χ0n) is 11.4. The van der Waals surface area contributed by atoms with Gasteiger partial charge in [0.2, 0.25) is 0 Å². The van der Waals surface area contributed by atoms with Crippen LogP contribution >= 0.6 is 0 Å². The summed E-state index contributed by atoms with van der Waals surface area (Å²) in [5, 5.41) is 11.9. The van der Waals surface area contributed by atoms with E-state index in [1.807, 2.05) is 43.6 Å². The molecule has 2 aromatic heterocycles. The minimum atomic E-state index is 0.0150. The molecule has 1 unspecified atom stereocenters. The van der Waals surface area contributed by atoms with Crippen LogP contribution in [0.25, 0.3) is 0 Å². The molecule has 2 aromatic rings. The summed E-state index contributed by atoms with van der Waals surface area (Å²) in [6.07, 6.45) is 3.74. The topological polar surface area (TPSA) is 56.9 Å². The molecular formula is C12H19N5O. The minimum absolute atomic E-state index is 0.0150. The highest BCUT2D eigenvalue weighted by atomic mass is 16.5. The first-order valence-electron chi connectivity index (χ1n) is 5.81. The number of rotatable bonds is 4. The predicted molar refractivity (Wildman–Crippen MR) is 68.6 cm³/mol. The first-order chi connectivity index (χ1) is 8.58. The molecule has 0 spiro atoms. The summed E-state index contributed by atoms with van der Waals surface area (Å²) in [6.45, 7) is 2.00. The summed E-state index contributed by atoms with van der Waals surface area (Å²) >= 11 is 0. The van der Waals surface area contributed by atoms with E-state index in [1.165, 1.54) is 0 Å². The smallest absolute Gasteiger partial charge is 0.161 e. The lowest BCUT2D eigenvalue weighted by atomic mass is 10.0. The highest BCUT2D eigenvalue weighted by molar-refractivity contribution is 5.37. The second kappa shape index (κ2) is 4.81. The van der Waals surface area contributed by atoms with Crippen molar-refractivity contribution in [2.45, 2.75) is 13.0 Å². The molecule has 0 bridgehead atoms. The summed E-state index contributed by atoms with van der Waals surface area (Å²) in [4.78, 5) is 0. The number of nitrogens with zero attached hydrogens (tertiary/aromatic N) is 4. The van der Waals surface area contributed by atoms with Crippen LogP contribution < -0.4 is 10.1 Å². The molecule has 0 aliphatic heterocycles. The fraction of sp³-hybridized carbons (Fsp3) is 0.500. The SMILES string of the molecule is CNC(c1cn(C)nc1C)c1c(OC)cnn1C. The number of aryl methyl sites for hydroxylation is 3. The Labute approximate surface area is 107 Å². The van der Waals surface area contributed by atoms with Crippen LogP contribution in [0.3, 0.4) is 0 Å². The Balaban J connectivity index is 2.51. The molecule has 1 atom stereocenters. The monoisotopic (exact) mass is 249 g/mol. The van der Waals surface area contributed by atoms with Crippen LogP contribution in [0.1, 0.15) is 23.0 Å². The van der Waals surface area contributed by atoms with Gasteiger partial charge in [-0.15, -0.1) is 0 Å². The fourth-order valence-corrected chi connectivity index (χ4v) is 2.25. The van der Waals surface area contributed by atoms with E-state index in [0.29, 0.717) is 0 Å². The van der Waals surface area contributed by atoms with Gasteiger partial charge in [-0.1, -0.05) is 0 Å². The van der Waals surface area contributed by atoms with E-state index in [1.54, 1.807) is 13.3 Å². The standard InChI is InChI=1S/C12H19N5O/c1-8-9(7-16(3)15-8)11(13-2)12-10(18-5)6-14-17(12)4/h6-7,11,13H,1-5H3. The minimum Gasteiger partial charge on any atom is -0.493 e. The number of aromatic nitrogens is 4. The van der Waals surface area contributed by atoms with Crippen LogP contribution in [-0.2, 0) is 14.1 Å². The van der Waals surface area contributed by atoms with E-state index >= 15 is 0 Å². The van der Waals surface area contributed by atoms with Gasteiger partial charge in [0.25, 0.3) is 0 Å². The molecule has 0 amide bonds. The fourth-order valence-electron chi connectivity index (χ4n) is 2.25. The van der Waals surface area contributed by atoms with Crippen LogP contribution in [0.4, 0.5) is 0 Å². The molecule has 0 saturated carbocycles. The lowest BCUT2D eigenvalue weighted by Gasteiger charge is -2.17. The van der Waals surface area contributed by atoms with Crippen LogP contribution in [0.5, 0.6) is 5.75 Å². The summed E-state index contributed by atoms with van der Waals surface area (Å²) in [5.74, 6) is 0.778. The Morgan fingerprint density at radius 1 is 1.39 bits per heavy atom. The van der Waals surface area contributed by atoms with Gasteiger partial charge in [-0.05, 0) is 14.0 Å². The van der Waals surface area contributed by atoms with Crippen LogP contribution in [-0.4, -0.2) is 33.7 Å². The number of ether oxygens (including phenoxy) is 1. The Morgan fingerprint density at radius 3 is 2.61 bits per heavy atom. The molecule has 0 fully saturated rings. The zero-order chi connectivity index (χ0) is 13.3. The van der Waals surface area contributed by atoms with Gasteiger partial charge in [-0.25, -0.2) is 0 Å². The average Bonchev–Trinajstić information content (AvgIpc) is 2.85. The van der Waals surface area contributed by atoms with Crippen LogP contribution in [0.2, 0.25) is 0 Å². The molecule has 0 aromatic carbocycles. The number of nitrogens with one attached hydrogen (secondary N) is 1. The highest BCUT2D eigenvalue weighted by Gasteiger charge is 2.23. The molecule has 0 aliphatic rings. The molecule has 0 radical (unpaired) electrons. The predicted octanol–water partition coefficient (Wildman–Crippen LogP) is 0.779. The van der Waals surface area contributed by atoms with Gasteiger partial charge in [-0.3, -0.25) is 9.36 Å². The molecule has 0 saturated heterocycles. The van der Waals surface area contributed by atoms with Crippen molar-refractivity contribution in [2.75, 3.05) is 14.2 Å². The van der Waals surface area contributed by atoms with Crippen molar-refractivity contribution in [1.82, 2.24) is 24.9 Å². The zero-order valence-corrected chi connectivity index (χ0v) is 11.4. The van der Waals surface area contributed by atoms with Crippen LogP contribution in [0, 0.1) is 6.92 Å². The quantitative estimate of drug-likeness (QED) is 0.870. The van der Waals surface area contributed by atoms with Gasteiger partial charge in [0.05, 0.1) is 25.0 Å². The van der Waals surface area contributed by atoms with Crippen molar-refractivity contribution in [3.8, 4) is 5.75 Å². The number of methoxy groups -OCH3 is 1. The normalized spacial score (nSPS) is 12.7. The molecule has 6 heteroatoms. The van der Waals surface area contributed by atoms with E-state index < -0.39 is 0 Å². The van der Waals surface area contributed by atoms with Crippen molar-refractivity contribution in [3.63, 3.8) is 0 Å². The second-order valence-corrected chi connectivity index (χ2v) is 4.29. The van der Waals surface area contributed by atoms with E-state index in [-0.39, 0.29) is 6.04 Å². The van der Waals surface area contributed by atoms with Gasteiger partial charge < -0.3 is 10.1 Å². The van der Waals surface area contributed by atoms with E-state index in [2.05, 4.69) is 15.5 Å².